The average molecular weight is 244 g/mol. The summed E-state index contributed by atoms with van der Waals surface area (Å²) in [7, 11) is 1.79. The van der Waals surface area contributed by atoms with E-state index in [1.807, 2.05) is 26.0 Å². The molecule has 0 aromatic carbocycles. The molecule has 0 spiro atoms. The van der Waals surface area contributed by atoms with E-state index >= 15 is 0 Å². The maximum Gasteiger partial charge on any atom is 0.270 e. The van der Waals surface area contributed by atoms with Gasteiger partial charge in [0.25, 0.3) is 5.91 Å². The predicted molar refractivity (Wildman–Crippen MR) is 68.1 cm³/mol. The van der Waals surface area contributed by atoms with Crippen LogP contribution in [-0.2, 0) is 7.05 Å². The van der Waals surface area contributed by atoms with Crippen LogP contribution in [0.3, 0.4) is 0 Å². The van der Waals surface area contributed by atoms with Crippen LogP contribution in [-0.4, -0.2) is 20.4 Å². The Balaban J connectivity index is 2.13. The fourth-order valence-corrected chi connectivity index (χ4v) is 1.87. The minimum Gasteiger partial charge on any atom is -0.343 e. The van der Waals surface area contributed by atoms with Gasteiger partial charge in [-0.25, -0.2) is 4.98 Å². The summed E-state index contributed by atoms with van der Waals surface area (Å²) in [6.07, 6.45) is 4.88. The van der Waals surface area contributed by atoms with Crippen LogP contribution < -0.4 is 5.32 Å². The van der Waals surface area contributed by atoms with Gasteiger partial charge in [-0.15, -0.1) is 0 Å². The normalized spacial score (nSPS) is 12.2. The third-order valence-electron chi connectivity index (χ3n) is 2.86. The first-order valence-corrected chi connectivity index (χ1v) is 5.78. The van der Waals surface area contributed by atoms with Crippen molar-refractivity contribution in [3.8, 4) is 0 Å². The first-order valence-electron chi connectivity index (χ1n) is 5.78. The number of nitrogens with one attached hydrogen (secondary N) is 1. The minimum atomic E-state index is -0.146. The summed E-state index contributed by atoms with van der Waals surface area (Å²) in [6.45, 7) is 3.90. The van der Waals surface area contributed by atoms with Crippen LogP contribution in [0.4, 0.5) is 0 Å². The molecule has 18 heavy (non-hydrogen) atoms. The van der Waals surface area contributed by atoms with Crippen LogP contribution in [0.25, 0.3) is 0 Å². The summed E-state index contributed by atoms with van der Waals surface area (Å²) in [6, 6.07) is 3.73. The van der Waals surface area contributed by atoms with Crippen molar-refractivity contribution in [2.75, 3.05) is 0 Å². The Bertz CT molecular complexity index is 562. The molecule has 2 aromatic rings. The third kappa shape index (κ3) is 2.40. The molecule has 1 atom stereocenters. The van der Waals surface area contributed by atoms with Crippen molar-refractivity contribution in [2.45, 2.75) is 19.9 Å². The molecule has 2 aromatic heterocycles. The molecule has 0 aliphatic rings. The Morgan fingerprint density at radius 3 is 2.89 bits per heavy atom. The van der Waals surface area contributed by atoms with Gasteiger partial charge in [0.1, 0.15) is 5.69 Å². The van der Waals surface area contributed by atoms with E-state index in [0.717, 1.165) is 11.3 Å². The Hall–Kier alpha value is -2.17. The molecule has 1 N–H and O–H groups in total. The topological polar surface area (TPSA) is 59.8 Å². The van der Waals surface area contributed by atoms with Gasteiger partial charge in [0, 0.05) is 13.2 Å². The minimum absolute atomic E-state index is 0.131. The van der Waals surface area contributed by atoms with Crippen molar-refractivity contribution < 1.29 is 4.79 Å². The Morgan fingerprint density at radius 2 is 2.28 bits per heavy atom. The van der Waals surface area contributed by atoms with Gasteiger partial charge in [-0.05, 0) is 25.5 Å². The highest BCUT2D eigenvalue weighted by molar-refractivity contribution is 5.92. The van der Waals surface area contributed by atoms with E-state index in [2.05, 4.69) is 15.3 Å². The van der Waals surface area contributed by atoms with Crippen LogP contribution in [0.15, 0.2) is 30.9 Å². The first-order chi connectivity index (χ1) is 8.59. The van der Waals surface area contributed by atoms with E-state index in [1.165, 1.54) is 0 Å². The van der Waals surface area contributed by atoms with Crippen molar-refractivity contribution in [2.24, 2.45) is 7.05 Å². The molecular formula is C13H16N4O. The highest BCUT2D eigenvalue weighted by atomic mass is 16.2. The van der Waals surface area contributed by atoms with Gasteiger partial charge >= 0.3 is 0 Å². The largest absolute Gasteiger partial charge is 0.343 e. The van der Waals surface area contributed by atoms with Gasteiger partial charge in [-0.1, -0.05) is 6.07 Å². The lowest BCUT2D eigenvalue weighted by atomic mass is 10.1. The second-order valence-corrected chi connectivity index (χ2v) is 4.29. The zero-order valence-electron chi connectivity index (χ0n) is 10.7. The summed E-state index contributed by atoms with van der Waals surface area (Å²) in [4.78, 5) is 20.2. The van der Waals surface area contributed by atoms with Crippen LogP contribution in [0.2, 0.25) is 0 Å². The number of hydrogen-bond donors (Lipinski definition) is 1. The lowest BCUT2D eigenvalue weighted by molar-refractivity contribution is 0.0931. The molecule has 0 aliphatic carbocycles. The molecule has 2 heterocycles. The SMILES string of the molecule is Cc1cccnc1[C@H](C)NC(=O)c1cncn1C. The molecule has 0 fully saturated rings. The lowest BCUT2D eigenvalue weighted by Gasteiger charge is -2.15. The highest BCUT2D eigenvalue weighted by Crippen LogP contribution is 2.14. The van der Waals surface area contributed by atoms with E-state index in [9.17, 15) is 4.79 Å². The quantitative estimate of drug-likeness (QED) is 0.892. The number of aromatic nitrogens is 3. The fraction of sp³-hybridized carbons (Fsp3) is 0.308. The van der Waals surface area contributed by atoms with E-state index in [-0.39, 0.29) is 11.9 Å². The summed E-state index contributed by atoms with van der Waals surface area (Å²) in [5, 5.41) is 2.92. The highest BCUT2D eigenvalue weighted by Gasteiger charge is 2.15. The van der Waals surface area contributed by atoms with Crippen LogP contribution in [0, 0.1) is 6.92 Å². The maximum absolute atomic E-state index is 12.0. The number of pyridine rings is 1. The molecule has 0 saturated heterocycles. The van der Waals surface area contributed by atoms with Gasteiger partial charge in [-0.2, -0.15) is 0 Å². The molecular weight excluding hydrogens is 228 g/mol. The lowest BCUT2D eigenvalue weighted by Crippen LogP contribution is -2.29. The van der Waals surface area contributed by atoms with Crippen molar-refractivity contribution >= 4 is 5.91 Å². The zero-order valence-corrected chi connectivity index (χ0v) is 10.7. The van der Waals surface area contributed by atoms with Gasteiger partial charge in [-0.3, -0.25) is 9.78 Å². The zero-order chi connectivity index (χ0) is 13.1. The van der Waals surface area contributed by atoms with Crippen molar-refractivity contribution in [1.82, 2.24) is 19.9 Å². The third-order valence-corrected chi connectivity index (χ3v) is 2.86. The number of rotatable bonds is 3. The molecule has 2 rings (SSSR count). The van der Waals surface area contributed by atoms with Crippen molar-refractivity contribution in [3.05, 3.63) is 47.8 Å². The van der Waals surface area contributed by atoms with E-state index in [1.54, 1.807) is 30.3 Å². The predicted octanol–water partition coefficient (Wildman–Crippen LogP) is 1.61. The van der Waals surface area contributed by atoms with Gasteiger partial charge in [0.15, 0.2) is 0 Å². The number of hydrogen-bond acceptors (Lipinski definition) is 3. The second kappa shape index (κ2) is 5.00. The molecule has 0 unspecified atom stereocenters. The Kier molecular flexibility index (Phi) is 3.41. The van der Waals surface area contributed by atoms with E-state index in [4.69, 9.17) is 0 Å². The fourth-order valence-electron chi connectivity index (χ4n) is 1.87. The number of nitrogens with zero attached hydrogens (tertiary/aromatic N) is 3. The van der Waals surface area contributed by atoms with Crippen molar-refractivity contribution in [1.29, 1.82) is 0 Å². The summed E-state index contributed by atoms with van der Waals surface area (Å²) >= 11 is 0. The van der Waals surface area contributed by atoms with Gasteiger partial charge in [0.05, 0.1) is 24.3 Å². The Morgan fingerprint density at radius 1 is 1.50 bits per heavy atom. The molecule has 0 saturated carbocycles. The number of aryl methyl sites for hydroxylation is 2. The number of carbonyl (C=O) groups excluding carboxylic acids is 1. The summed E-state index contributed by atoms with van der Waals surface area (Å²) in [5.41, 5.74) is 2.48. The monoisotopic (exact) mass is 244 g/mol. The van der Waals surface area contributed by atoms with Crippen LogP contribution >= 0.6 is 0 Å². The summed E-state index contributed by atoms with van der Waals surface area (Å²) in [5.74, 6) is -0.146. The standard InChI is InChI=1S/C13H16N4O/c1-9-5-4-6-15-12(9)10(2)16-13(18)11-7-14-8-17(11)3/h4-8,10H,1-3H3,(H,16,18)/t10-/m0/s1. The molecule has 94 valence electrons. The smallest absolute Gasteiger partial charge is 0.270 e. The molecule has 0 aliphatic heterocycles. The van der Waals surface area contributed by atoms with Crippen LogP contribution in [0.5, 0.6) is 0 Å². The van der Waals surface area contributed by atoms with E-state index < -0.39 is 0 Å². The van der Waals surface area contributed by atoms with Gasteiger partial charge < -0.3 is 9.88 Å². The second-order valence-electron chi connectivity index (χ2n) is 4.29. The number of imidazole rings is 1. The van der Waals surface area contributed by atoms with Gasteiger partial charge in [0.2, 0.25) is 0 Å². The molecule has 5 nitrogen and oxygen atoms in total. The Labute approximate surface area is 106 Å². The number of amides is 1. The van der Waals surface area contributed by atoms with Crippen molar-refractivity contribution in [3.63, 3.8) is 0 Å². The number of carbonyl (C=O) groups is 1. The molecule has 1 amide bonds. The maximum atomic E-state index is 12.0. The molecule has 0 radical (unpaired) electrons. The molecule has 0 bridgehead atoms. The van der Waals surface area contributed by atoms with E-state index in [0.29, 0.717) is 5.69 Å². The molecule has 5 heteroatoms. The first kappa shape index (κ1) is 12.3. The average Bonchev–Trinajstić information content (AvgIpc) is 2.76. The van der Waals surface area contributed by atoms with Crippen LogP contribution in [0.1, 0.15) is 34.7 Å². The summed E-state index contributed by atoms with van der Waals surface area (Å²) < 4.78 is 1.69.